The van der Waals surface area contributed by atoms with Gasteiger partial charge in [0.15, 0.2) is 0 Å². The zero-order valence-electron chi connectivity index (χ0n) is 6.25. The van der Waals surface area contributed by atoms with Crippen LogP contribution in [-0.2, 0) is 0 Å². The molecule has 0 aliphatic heterocycles. The van der Waals surface area contributed by atoms with Gasteiger partial charge in [0.2, 0.25) is 6.33 Å². The zero-order valence-corrected chi connectivity index (χ0v) is 6.25. The Bertz CT molecular complexity index is 169. The van der Waals surface area contributed by atoms with E-state index in [2.05, 4.69) is 16.5 Å². The van der Waals surface area contributed by atoms with Crippen molar-refractivity contribution < 1.29 is 4.57 Å². The Morgan fingerprint density at radius 3 is 3.00 bits per heavy atom. The van der Waals surface area contributed by atoms with Crippen LogP contribution >= 0.6 is 0 Å². The van der Waals surface area contributed by atoms with Crippen LogP contribution in [0.15, 0.2) is 18.7 Å². The average molecular weight is 140 g/mol. The van der Waals surface area contributed by atoms with Gasteiger partial charge in [-0.05, 0) is 13.5 Å². The molecule has 0 aliphatic carbocycles. The predicted molar refractivity (Wildman–Crippen MR) is 39.4 cm³/mol. The number of nitrogens with one attached hydrogen (secondary N) is 1. The summed E-state index contributed by atoms with van der Waals surface area (Å²) in [5.74, 6) is 0. The molecule has 3 N–H and O–H groups in total. The number of aromatic nitrogens is 2. The second-order valence-corrected chi connectivity index (χ2v) is 2.49. The van der Waals surface area contributed by atoms with E-state index < -0.39 is 0 Å². The van der Waals surface area contributed by atoms with Crippen LogP contribution in [-0.4, -0.2) is 11.5 Å². The van der Waals surface area contributed by atoms with Crippen molar-refractivity contribution in [2.45, 2.75) is 19.4 Å². The molecule has 1 aromatic rings. The van der Waals surface area contributed by atoms with E-state index in [1.165, 1.54) is 0 Å². The smallest absolute Gasteiger partial charge is 0.241 e. The average Bonchev–Trinajstić information content (AvgIpc) is 2.38. The van der Waals surface area contributed by atoms with Gasteiger partial charge in [-0.2, -0.15) is 0 Å². The third kappa shape index (κ3) is 1.57. The molecule has 0 amide bonds. The molecule has 1 heterocycles. The Morgan fingerprint density at radius 2 is 2.50 bits per heavy atom. The summed E-state index contributed by atoms with van der Waals surface area (Å²) in [5.41, 5.74) is 5.41. The predicted octanol–water partition coefficient (Wildman–Crippen LogP) is 0.212. The van der Waals surface area contributed by atoms with Gasteiger partial charge in [-0.15, -0.1) is 0 Å². The fourth-order valence-corrected chi connectivity index (χ4v) is 0.966. The van der Waals surface area contributed by atoms with E-state index in [9.17, 15) is 0 Å². The second kappa shape index (κ2) is 3.37. The van der Waals surface area contributed by atoms with Gasteiger partial charge in [-0.25, -0.2) is 4.57 Å². The van der Waals surface area contributed by atoms with E-state index in [0.29, 0.717) is 6.04 Å². The molecule has 3 nitrogen and oxygen atoms in total. The third-order valence-corrected chi connectivity index (χ3v) is 1.66. The van der Waals surface area contributed by atoms with Gasteiger partial charge in [0, 0.05) is 6.42 Å². The lowest BCUT2D eigenvalue weighted by Crippen LogP contribution is -2.36. The van der Waals surface area contributed by atoms with Gasteiger partial charge in [0.1, 0.15) is 12.4 Å². The number of aromatic amines is 1. The van der Waals surface area contributed by atoms with Crippen molar-refractivity contribution in [3.8, 4) is 0 Å². The van der Waals surface area contributed by atoms with Crippen LogP contribution in [0.4, 0.5) is 0 Å². The van der Waals surface area contributed by atoms with Crippen LogP contribution < -0.4 is 10.3 Å². The van der Waals surface area contributed by atoms with E-state index >= 15 is 0 Å². The normalized spacial score (nSPS) is 13.4. The first-order valence-corrected chi connectivity index (χ1v) is 3.58. The molecule has 0 spiro atoms. The van der Waals surface area contributed by atoms with Gasteiger partial charge in [0.05, 0.1) is 6.04 Å². The van der Waals surface area contributed by atoms with Crippen molar-refractivity contribution in [2.24, 2.45) is 5.73 Å². The van der Waals surface area contributed by atoms with Crippen LogP contribution in [0.3, 0.4) is 0 Å². The molecule has 0 aromatic carbocycles. The Morgan fingerprint density at radius 1 is 1.70 bits per heavy atom. The van der Waals surface area contributed by atoms with Gasteiger partial charge < -0.3 is 5.73 Å². The van der Waals surface area contributed by atoms with Gasteiger partial charge in [-0.1, -0.05) is 0 Å². The summed E-state index contributed by atoms with van der Waals surface area (Å²) in [6, 6.07) is 0.510. The second-order valence-electron chi connectivity index (χ2n) is 2.49. The summed E-state index contributed by atoms with van der Waals surface area (Å²) >= 11 is 0. The quantitative estimate of drug-likeness (QED) is 0.579. The first-order valence-electron chi connectivity index (χ1n) is 3.58. The van der Waals surface area contributed by atoms with Crippen molar-refractivity contribution in [3.63, 3.8) is 0 Å². The zero-order chi connectivity index (χ0) is 7.40. The SMILES string of the molecule is CC(CCN)[n+]1cc[nH]c1. The summed E-state index contributed by atoms with van der Waals surface area (Å²) in [5, 5.41) is 0. The number of hydrogen-bond acceptors (Lipinski definition) is 1. The van der Waals surface area contributed by atoms with Crippen LogP contribution in [0, 0.1) is 0 Å². The third-order valence-electron chi connectivity index (χ3n) is 1.66. The minimum atomic E-state index is 0.510. The highest BCUT2D eigenvalue weighted by atomic mass is 15.0. The van der Waals surface area contributed by atoms with E-state index in [4.69, 9.17) is 5.73 Å². The number of rotatable bonds is 3. The molecule has 3 heteroatoms. The van der Waals surface area contributed by atoms with Crippen molar-refractivity contribution in [3.05, 3.63) is 18.7 Å². The van der Waals surface area contributed by atoms with E-state index in [-0.39, 0.29) is 0 Å². The number of nitrogens with two attached hydrogens (primary N) is 1. The maximum Gasteiger partial charge on any atom is 0.241 e. The molecule has 1 rings (SSSR count). The molecule has 0 aliphatic rings. The molecule has 0 radical (unpaired) electrons. The molecule has 1 atom stereocenters. The first kappa shape index (κ1) is 7.28. The molecule has 10 heavy (non-hydrogen) atoms. The fraction of sp³-hybridized carbons (Fsp3) is 0.571. The molecule has 56 valence electrons. The largest absolute Gasteiger partial charge is 0.330 e. The highest BCUT2D eigenvalue weighted by molar-refractivity contribution is 4.58. The first-order chi connectivity index (χ1) is 4.84. The Kier molecular flexibility index (Phi) is 2.45. The molecular weight excluding hydrogens is 126 g/mol. The molecule has 0 bridgehead atoms. The summed E-state index contributed by atoms with van der Waals surface area (Å²) < 4.78 is 2.12. The highest BCUT2D eigenvalue weighted by Crippen LogP contribution is 1.96. The van der Waals surface area contributed by atoms with Crippen LogP contribution in [0.5, 0.6) is 0 Å². The lowest BCUT2D eigenvalue weighted by atomic mass is 10.2. The van der Waals surface area contributed by atoms with E-state index in [1.54, 1.807) is 0 Å². The van der Waals surface area contributed by atoms with Crippen molar-refractivity contribution in [2.75, 3.05) is 6.54 Å². The lowest BCUT2D eigenvalue weighted by Gasteiger charge is -2.03. The van der Waals surface area contributed by atoms with Gasteiger partial charge >= 0.3 is 0 Å². The standard InChI is InChI=1S/C7H13N3/c1-7(2-3-8)10-5-4-9-6-10/h4-7H,2-3,8H2,1H3/p+1. The molecule has 1 unspecified atom stereocenters. The van der Waals surface area contributed by atoms with Crippen LogP contribution in [0.2, 0.25) is 0 Å². The topological polar surface area (TPSA) is 45.7 Å². The Balaban J connectivity index is 2.50. The van der Waals surface area contributed by atoms with Crippen molar-refractivity contribution >= 4 is 0 Å². The van der Waals surface area contributed by atoms with E-state index in [0.717, 1.165) is 13.0 Å². The summed E-state index contributed by atoms with van der Waals surface area (Å²) in [6.45, 7) is 2.90. The summed E-state index contributed by atoms with van der Waals surface area (Å²) in [4.78, 5) is 2.99. The van der Waals surface area contributed by atoms with E-state index in [1.807, 2.05) is 18.7 Å². The fourth-order valence-electron chi connectivity index (χ4n) is 0.966. The lowest BCUT2D eigenvalue weighted by molar-refractivity contribution is -0.718. The van der Waals surface area contributed by atoms with Crippen molar-refractivity contribution in [1.82, 2.24) is 4.98 Å². The number of imidazole rings is 1. The maximum absolute atomic E-state index is 5.41. The minimum absolute atomic E-state index is 0.510. The number of H-pyrrole nitrogens is 1. The molecular formula is C7H14N3+. The van der Waals surface area contributed by atoms with Crippen molar-refractivity contribution in [1.29, 1.82) is 0 Å². The highest BCUT2D eigenvalue weighted by Gasteiger charge is 2.06. The molecule has 0 saturated heterocycles. The Labute approximate surface area is 60.9 Å². The number of hydrogen-bond donors (Lipinski definition) is 2. The molecule has 0 saturated carbocycles. The monoisotopic (exact) mass is 140 g/mol. The summed E-state index contributed by atoms with van der Waals surface area (Å²) in [6.07, 6.45) is 6.90. The van der Waals surface area contributed by atoms with Crippen LogP contribution in [0.1, 0.15) is 19.4 Å². The minimum Gasteiger partial charge on any atom is -0.330 e. The molecule has 0 fully saturated rings. The number of nitrogens with zero attached hydrogens (tertiary/aromatic N) is 1. The summed E-state index contributed by atoms with van der Waals surface area (Å²) in [7, 11) is 0. The maximum atomic E-state index is 5.41. The van der Waals surface area contributed by atoms with Gasteiger partial charge in [-0.3, -0.25) is 4.98 Å². The van der Waals surface area contributed by atoms with Crippen LogP contribution in [0.25, 0.3) is 0 Å². The van der Waals surface area contributed by atoms with Gasteiger partial charge in [0.25, 0.3) is 0 Å². The molecule has 1 aromatic heterocycles. The Hall–Kier alpha value is -0.830.